The Morgan fingerprint density at radius 3 is 2.47 bits per heavy atom. The number of hydrogen-bond acceptors (Lipinski definition) is 5. The van der Waals surface area contributed by atoms with Crippen molar-refractivity contribution < 1.29 is 18.0 Å². The molecule has 0 spiro atoms. The summed E-state index contributed by atoms with van der Waals surface area (Å²) in [5, 5.41) is 1.66. The summed E-state index contributed by atoms with van der Waals surface area (Å²) in [5.74, 6) is -0.497. The highest BCUT2D eigenvalue weighted by atomic mass is 79.9. The molecule has 19 heavy (non-hydrogen) atoms. The van der Waals surface area contributed by atoms with Crippen LogP contribution in [0.2, 0.25) is 0 Å². The van der Waals surface area contributed by atoms with E-state index in [-0.39, 0.29) is 42.0 Å². The summed E-state index contributed by atoms with van der Waals surface area (Å²) < 4.78 is 26.9. The van der Waals surface area contributed by atoms with Crippen LogP contribution < -0.4 is 4.72 Å². The van der Waals surface area contributed by atoms with E-state index in [2.05, 4.69) is 20.7 Å². The summed E-state index contributed by atoms with van der Waals surface area (Å²) in [4.78, 5) is 23.8. The quantitative estimate of drug-likeness (QED) is 0.785. The topological polar surface area (TPSA) is 83.6 Å². The van der Waals surface area contributed by atoms with Gasteiger partial charge in [0, 0.05) is 30.4 Å². The van der Waals surface area contributed by atoms with Gasteiger partial charge in [0.15, 0.2) is 0 Å². The zero-order chi connectivity index (χ0) is 14.0. The predicted octanol–water partition coefficient (Wildman–Crippen LogP) is 0.938. The van der Waals surface area contributed by atoms with Gasteiger partial charge in [-0.2, -0.15) is 0 Å². The first-order valence-electron chi connectivity index (χ1n) is 5.47. The van der Waals surface area contributed by atoms with Crippen molar-refractivity contribution in [3.8, 4) is 0 Å². The second-order valence-electron chi connectivity index (χ2n) is 3.89. The molecule has 1 aliphatic rings. The number of sulfonamides is 1. The monoisotopic (exact) mass is 366 g/mol. The molecule has 2 amide bonds. The number of nitrogens with one attached hydrogen (secondary N) is 1. The van der Waals surface area contributed by atoms with Gasteiger partial charge in [0.05, 0.1) is 0 Å². The summed E-state index contributed by atoms with van der Waals surface area (Å²) >= 11 is 4.25. The van der Waals surface area contributed by atoms with E-state index in [0.29, 0.717) is 4.47 Å². The molecule has 0 unspecified atom stereocenters. The van der Waals surface area contributed by atoms with Gasteiger partial charge in [0.25, 0.3) is 10.0 Å². The molecule has 0 aliphatic carbocycles. The van der Waals surface area contributed by atoms with Crippen LogP contribution in [0.25, 0.3) is 0 Å². The van der Waals surface area contributed by atoms with Gasteiger partial charge in [0.1, 0.15) is 4.21 Å². The molecule has 1 aromatic rings. The molecule has 0 radical (unpaired) electrons. The molecule has 6 nitrogen and oxygen atoms in total. The molecule has 0 atom stereocenters. The van der Waals surface area contributed by atoms with E-state index in [9.17, 15) is 18.0 Å². The summed E-state index contributed by atoms with van der Waals surface area (Å²) in [6.45, 7) is 0.0873. The Bertz CT molecular complexity index is 595. The van der Waals surface area contributed by atoms with Gasteiger partial charge in [-0.3, -0.25) is 14.5 Å². The number of carbonyl (C=O) groups excluding carboxylic acids is 2. The lowest BCUT2D eigenvalue weighted by molar-refractivity contribution is -0.138. The smallest absolute Gasteiger partial charge is 0.251 e. The Balaban J connectivity index is 1.94. The molecule has 104 valence electrons. The SMILES string of the molecule is O=C1CCC(=O)N1CCNS(=O)(=O)c1sccc1Br. The van der Waals surface area contributed by atoms with Gasteiger partial charge in [0.2, 0.25) is 11.8 Å². The van der Waals surface area contributed by atoms with Crippen LogP contribution >= 0.6 is 27.3 Å². The van der Waals surface area contributed by atoms with Crippen LogP contribution in [-0.4, -0.2) is 38.2 Å². The lowest BCUT2D eigenvalue weighted by Gasteiger charge is -2.13. The van der Waals surface area contributed by atoms with Gasteiger partial charge in [-0.05, 0) is 27.4 Å². The number of carbonyl (C=O) groups is 2. The van der Waals surface area contributed by atoms with E-state index in [1.54, 1.807) is 11.4 Å². The minimum atomic E-state index is -3.60. The molecule has 9 heteroatoms. The molecule has 2 rings (SSSR count). The Hall–Kier alpha value is -0.770. The zero-order valence-corrected chi connectivity index (χ0v) is 13.0. The first-order valence-corrected chi connectivity index (χ1v) is 8.63. The number of thiophene rings is 1. The molecule has 1 aliphatic heterocycles. The fraction of sp³-hybridized carbons (Fsp3) is 0.400. The van der Waals surface area contributed by atoms with Crippen molar-refractivity contribution in [2.75, 3.05) is 13.1 Å². The van der Waals surface area contributed by atoms with E-state index < -0.39 is 10.0 Å². The summed E-state index contributed by atoms with van der Waals surface area (Å²) in [6.07, 6.45) is 0.421. The van der Waals surface area contributed by atoms with Crippen LogP contribution in [0.4, 0.5) is 0 Å². The number of hydrogen-bond donors (Lipinski definition) is 1. The molecule has 2 heterocycles. The number of likely N-dealkylation sites (tertiary alicyclic amines) is 1. The fourth-order valence-electron chi connectivity index (χ4n) is 1.70. The number of halogens is 1. The third kappa shape index (κ3) is 3.22. The first-order chi connectivity index (χ1) is 8.92. The summed E-state index contributed by atoms with van der Waals surface area (Å²) in [5.41, 5.74) is 0. The van der Waals surface area contributed by atoms with Crippen molar-refractivity contribution in [1.29, 1.82) is 0 Å². The van der Waals surface area contributed by atoms with E-state index in [4.69, 9.17) is 0 Å². The van der Waals surface area contributed by atoms with Crippen molar-refractivity contribution in [2.45, 2.75) is 17.1 Å². The second kappa shape index (κ2) is 5.70. The van der Waals surface area contributed by atoms with Crippen LogP contribution in [-0.2, 0) is 19.6 Å². The van der Waals surface area contributed by atoms with E-state index in [1.807, 2.05) is 0 Å². The Labute approximate surface area is 123 Å². The van der Waals surface area contributed by atoms with Crippen molar-refractivity contribution >= 4 is 49.1 Å². The van der Waals surface area contributed by atoms with Gasteiger partial charge in [-0.1, -0.05) is 0 Å². The van der Waals surface area contributed by atoms with Crippen LogP contribution in [0.15, 0.2) is 20.1 Å². The molecule has 0 bridgehead atoms. The van der Waals surface area contributed by atoms with Crippen molar-refractivity contribution in [3.05, 3.63) is 15.9 Å². The third-order valence-corrected chi connectivity index (χ3v) is 6.74. The maximum atomic E-state index is 11.9. The lowest BCUT2D eigenvalue weighted by Crippen LogP contribution is -2.37. The van der Waals surface area contributed by atoms with Crippen molar-refractivity contribution in [2.24, 2.45) is 0 Å². The average Bonchev–Trinajstić information content (AvgIpc) is 2.89. The Morgan fingerprint density at radius 1 is 1.32 bits per heavy atom. The van der Waals surface area contributed by atoms with Crippen LogP contribution in [0.1, 0.15) is 12.8 Å². The zero-order valence-electron chi connectivity index (χ0n) is 9.76. The van der Waals surface area contributed by atoms with Crippen molar-refractivity contribution in [1.82, 2.24) is 9.62 Å². The molecular formula is C10H11BrN2O4S2. The van der Waals surface area contributed by atoms with Crippen LogP contribution in [0, 0.1) is 0 Å². The van der Waals surface area contributed by atoms with E-state index in [1.165, 1.54) is 0 Å². The average molecular weight is 367 g/mol. The van der Waals surface area contributed by atoms with Crippen LogP contribution in [0.3, 0.4) is 0 Å². The van der Waals surface area contributed by atoms with Crippen LogP contribution in [0.5, 0.6) is 0 Å². The van der Waals surface area contributed by atoms with E-state index in [0.717, 1.165) is 16.2 Å². The third-order valence-electron chi connectivity index (χ3n) is 2.61. The summed E-state index contributed by atoms with van der Waals surface area (Å²) in [6, 6.07) is 1.65. The highest BCUT2D eigenvalue weighted by Crippen LogP contribution is 2.27. The largest absolute Gasteiger partial charge is 0.281 e. The molecule has 1 aromatic heterocycles. The maximum absolute atomic E-state index is 11.9. The lowest BCUT2D eigenvalue weighted by atomic mass is 10.4. The minimum absolute atomic E-state index is 0.0180. The standard InChI is InChI=1S/C10H11BrN2O4S2/c11-7-3-6-18-10(7)19(16,17)12-4-5-13-8(14)1-2-9(13)15/h3,6,12H,1-2,4-5H2. The second-order valence-corrected chi connectivity index (χ2v) is 7.63. The minimum Gasteiger partial charge on any atom is -0.281 e. The summed E-state index contributed by atoms with van der Waals surface area (Å²) in [7, 11) is -3.60. The van der Waals surface area contributed by atoms with Gasteiger partial charge >= 0.3 is 0 Å². The Morgan fingerprint density at radius 2 is 1.95 bits per heavy atom. The number of amides is 2. The first kappa shape index (κ1) is 14.6. The number of nitrogens with zero attached hydrogens (tertiary/aromatic N) is 1. The van der Waals surface area contributed by atoms with Gasteiger partial charge < -0.3 is 0 Å². The van der Waals surface area contributed by atoms with Gasteiger partial charge in [-0.15, -0.1) is 11.3 Å². The number of rotatable bonds is 5. The number of imide groups is 1. The molecule has 1 saturated heterocycles. The Kier molecular flexibility index (Phi) is 4.39. The van der Waals surface area contributed by atoms with E-state index >= 15 is 0 Å². The van der Waals surface area contributed by atoms with Gasteiger partial charge in [-0.25, -0.2) is 13.1 Å². The highest BCUT2D eigenvalue weighted by molar-refractivity contribution is 9.10. The fourth-order valence-corrected chi connectivity index (χ4v) is 5.10. The highest BCUT2D eigenvalue weighted by Gasteiger charge is 2.28. The molecular weight excluding hydrogens is 356 g/mol. The molecule has 0 saturated carbocycles. The maximum Gasteiger partial charge on any atom is 0.251 e. The predicted molar refractivity (Wildman–Crippen MR) is 73.2 cm³/mol. The van der Waals surface area contributed by atoms with Crippen molar-refractivity contribution in [3.63, 3.8) is 0 Å². The molecule has 0 aromatic carbocycles. The normalized spacial score (nSPS) is 16.4. The molecule has 1 fully saturated rings. The molecule has 1 N–H and O–H groups in total.